The van der Waals surface area contributed by atoms with Crippen LogP contribution in [0.4, 0.5) is 0 Å². The molecule has 1 heteroatoms. The van der Waals surface area contributed by atoms with E-state index >= 15 is 0 Å². The van der Waals surface area contributed by atoms with E-state index < -0.39 is 0 Å². The van der Waals surface area contributed by atoms with E-state index in [9.17, 15) is 0 Å². The lowest BCUT2D eigenvalue weighted by Crippen LogP contribution is -2.15. The Labute approximate surface area is 62.8 Å². The third kappa shape index (κ3) is 1.84. The van der Waals surface area contributed by atoms with Crippen LogP contribution in [-0.4, -0.2) is 11.2 Å². The van der Waals surface area contributed by atoms with Gasteiger partial charge >= 0.3 is 0 Å². The van der Waals surface area contributed by atoms with Crippen LogP contribution in [0.3, 0.4) is 0 Å². The lowest BCUT2D eigenvalue weighted by atomic mass is 9.86. The number of allylic oxidation sites excluding steroid dienone is 1. The highest BCUT2D eigenvalue weighted by atomic mass is 16.3. The number of hydrogen-bond acceptors (Lipinski definition) is 1. The fourth-order valence-electron chi connectivity index (χ4n) is 1.38. The van der Waals surface area contributed by atoms with E-state index in [-0.39, 0.29) is 6.10 Å². The highest BCUT2D eigenvalue weighted by molar-refractivity contribution is 4.99. The van der Waals surface area contributed by atoms with Crippen molar-refractivity contribution in [2.24, 2.45) is 11.8 Å². The monoisotopic (exact) mass is 140 g/mol. The first-order chi connectivity index (χ1) is 4.70. The van der Waals surface area contributed by atoms with Crippen molar-refractivity contribution in [1.29, 1.82) is 0 Å². The third-order valence-electron chi connectivity index (χ3n) is 2.23. The molecule has 58 valence electrons. The summed E-state index contributed by atoms with van der Waals surface area (Å²) >= 11 is 0. The summed E-state index contributed by atoms with van der Waals surface area (Å²) in [6.07, 6.45) is 6.00. The molecule has 0 fully saturated rings. The minimum absolute atomic E-state index is 0.171. The number of aliphatic hydroxyl groups excluding tert-OH is 1. The van der Waals surface area contributed by atoms with Gasteiger partial charge in [0.1, 0.15) is 0 Å². The molecule has 0 aromatic rings. The molecule has 10 heavy (non-hydrogen) atoms. The van der Waals surface area contributed by atoms with Crippen LogP contribution in [0.2, 0.25) is 0 Å². The van der Waals surface area contributed by atoms with Gasteiger partial charge in [0.2, 0.25) is 0 Å². The van der Waals surface area contributed by atoms with Crippen molar-refractivity contribution < 1.29 is 5.11 Å². The molecule has 0 bridgehead atoms. The van der Waals surface area contributed by atoms with Crippen molar-refractivity contribution >= 4 is 0 Å². The van der Waals surface area contributed by atoms with E-state index in [1.54, 1.807) is 0 Å². The lowest BCUT2D eigenvalue weighted by molar-refractivity contribution is 0.188. The number of hydrogen-bond donors (Lipinski definition) is 1. The van der Waals surface area contributed by atoms with E-state index in [4.69, 9.17) is 5.11 Å². The van der Waals surface area contributed by atoms with Gasteiger partial charge < -0.3 is 5.11 Å². The van der Waals surface area contributed by atoms with Gasteiger partial charge in [0, 0.05) is 0 Å². The Bertz CT molecular complexity index is 127. The average Bonchev–Trinajstić information content (AvgIpc) is 1.88. The minimum Gasteiger partial charge on any atom is -0.389 e. The molecule has 0 radical (unpaired) electrons. The van der Waals surface area contributed by atoms with Crippen LogP contribution in [0.1, 0.15) is 26.7 Å². The summed E-state index contributed by atoms with van der Waals surface area (Å²) in [4.78, 5) is 0. The molecule has 1 nitrogen and oxygen atoms in total. The molecule has 0 aromatic heterocycles. The molecule has 1 aliphatic carbocycles. The lowest BCUT2D eigenvalue weighted by Gasteiger charge is -2.22. The maximum Gasteiger partial charge on any atom is 0.0721 e. The van der Waals surface area contributed by atoms with Gasteiger partial charge in [-0.3, -0.25) is 0 Å². The Morgan fingerprint density at radius 3 is 2.40 bits per heavy atom. The fraction of sp³-hybridized carbons (Fsp3) is 0.778. The van der Waals surface area contributed by atoms with Crippen LogP contribution in [0, 0.1) is 11.8 Å². The zero-order valence-corrected chi connectivity index (χ0v) is 6.75. The van der Waals surface area contributed by atoms with Crippen LogP contribution in [0.15, 0.2) is 12.2 Å². The smallest absolute Gasteiger partial charge is 0.0721 e. The first-order valence-corrected chi connectivity index (χ1v) is 4.06. The summed E-state index contributed by atoms with van der Waals surface area (Å²) in [6, 6.07) is 0. The Kier molecular flexibility index (Phi) is 2.50. The van der Waals surface area contributed by atoms with Crippen molar-refractivity contribution in [3.63, 3.8) is 0 Å². The quantitative estimate of drug-likeness (QED) is 0.552. The molecule has 0 saturated carbocycles. The van der Waals surface area contributed by atoms with Gasteiger partial charge in [0.05, 0.1) is 6.10 Å². The maximum absolute atomic E-state index is 9.12. The van der Waals surface area contributed by atoms with Gasteiger partial charge in [-0.2, -0.15) is 0 Å². The summed E-state index contributed by atoms with van der Waals surface area (Å²) in [6.45, 7) is 4.46. The standard InChI is InChI=1S/C9H16O/c1-7(2)8-3-5-9(10)6-4-8/h3,5,7-10H,4,6H2,1-2H3/t8-,9-/m0/s1. The van der Waals surface area contributed by atoms with Gasteiger partial charge in [-0.15, -0.1) is 0 Å². The summed E-state index contributed by atoms with van der Waals surface area (Å²) in [5.41, 5.74) is 0. The van der Waals surface area contributed by atoms with Crippen LogP contribution in [0.5, 0.6) is 0 Å². The fourth-order valence-corrected chi connectivity index (χ4v) is 1.38. The van der Waals surface area contributed by atoms with Gasteiger partial charge in [-0.25, -0.2) is 0 Å². The highest BCUT2D eigenvalue weighted by Gasteiger charge is 2.15. The predicted octanol–water partition coefficient (Wildman–Crippen LogP) is 1.97. The molecule has 0 unspecified atom stereocenters. The molecule has 0 amide bonds. The van der Waals surface area contributed by atoms with E-state index in [1.165, 1.54) is 0 Å². The first-order valence-electron chi connectivity index (χ1n) is 4.06. The summed E-state index contributed by atoms with van der Waals surface area (Å²) in [5.74, 6) is 1.42. The molecule has 0 aliphatic heterocycles. The summed E-state index contributed by atoms with van der Waals surface area (Å²) < 4.78 is 0. The van der Waals surface area contributed by atoms with Crippen molar-refractivity contribution in [3.05, 3.63) is 12.2 Å². The van der Waals surface area contributed by atoms with Crippen LogP contribution in [-0.2, 0) is 0 Å². The van der Waals surface area contributed by atoms with Crippen molar-refractivity contribution in [2.75, 3.05) is 0 Å². The molecule has 1 rings (SSSR count). The second-order valence-electron chi connectivity index (χ2n) is 3.44. The Hall–Kier alpha value is -0.300. The zero-order chi connectivity index (χ0) is 7.56. The van der Waals surface area contributed by atoms with E-state index in [2.05, 4.69) is 19.9 Å². The summed E-state index contributed by atoms with van der Waals surface area (Å²) in [7, 11) is 0. The van der Waals surface area contributed by atoms with Gasteiger partial charge in [-0.1, -0.05) is 26.0 Å². The third-order valence-corrected chi connectivity index (χ3v) is 2.23. The van der Waals surface area contributed by atoms with E-state index in [0.29, 0.717) is 5.92 Å². The zero-order valence-electron chi connectivity index (χ0n) is 6.75. The average molecular weight is 140 g/mol. The second-order valence-corrected chi connectivity index (χ2v) is 3.44. The van der Waals surface area contributed by atoms with Crippen molar-refractivity contribution in [2.45, 2.75) is 32.8 Å². The molecule has 1 aliphatic rings. The number of rotatable bonds is 1. The maximum atomic E-state index is 9.12. The van der Waals surface area contributed by atoms with Gasteiger partial charge in [0.25, 0.3) is 0 Å². The molecule has 0 heterocycles. The van der Waals surface area contributed by atoms with Crippen LogP contribution in [0.25, 0.3) is 0 Å². The van der Waals surface area contributed by atoms with E-state index in [1.807, 2.05) is 6.08 Å². The van der Waals surface area contributed by atoms with Gasteiger partial charge in [0.15, 0.2) is 0 Å². The van der Waals surface area contributed by atoms with Crippen LogP contribution >= 0.6 is 0 Å². The molecule has 0 saturated heterocycles. The van der Waals surface area contributed by atoms with Crippen molar-refractivity contribution in [1.82, 2.24) is 0 Å². The Balaban J connectivity index is 2.45. The SMILES string of the molecule is CC(C)[C@H]1C=C[C@H](O)CC1. The van der Waals surface area contributed by atoms with E-state index in [0.717, 1.165) is 18.8 Å². The molecule has 0 spiro atoms. The topological polar surface area (TPSA) is 20.2 Å². The largest absolute Gasteiger partial charge is 0.389 e. The first kappa shape index (κ1) is 7.80. The molecular weight excluding hydrogens is 124 g/mol. The Morgan fingerprint density at radius 2 is 2.00 bits per heavy atom. The molecular formula is C9H16O. The van der Waals surface area contributed by atoms with Crippen molar-refractivity contribution in [3.8, 4) is 0 Å². The normalized spacial score (nSPS) is 33.2. The Morgan fingerprint density at radius 1 is 1.30 bits per heavy atom. The second kappa shape index (κ2) is 3.20. The molecule has 2 atom stereocenters. The minimum atomic E-state index is -0.171. The van der Waals surface area contributed by atoms with Gasteiger partial charge in [-0.05, 0) is 24.7 Å². The molecule has 0 aromatic carbocycles. The molecule has 1 N–H and O–H groups in total. The highest BCUT2D eigenvalue weighted by Crippen LogP contribution is 2.23. The number of aliphatic hydroxyl groups is 1. The van der Waals surface area contributed by atoms with Crippen LogP contribution < -0.4 is 0 Å². The summed E-state index contributed by atoms with van der Waals surface area (Å²) in [5, 5.41) is 9.12. The predicted molar refractivity (Wildman–Crippen MR) is 42.7 cm³/mol.